The van der Waals surface area contributed by atoms with Gasteiger partial charge in [-0.2, -0.15) is 0 Å². The molecule has 0 heterocycles. The van der Waals surface area contributed by atoms with Crippen molar-refractivity contribution >= 4 is 5.69 Å². The summed E-state index contributed by atoms with van der Waals surface area (Å²) in [7, 11) is 0. The molecule has 20 heavy (non-hydrogen) atoms. The number of nitrogen functional groups attached to an aromatic ring is 1. The number of nitrogens with two attached hydrogens (primary N) is 1. The second kappa shape index (κ2) is 6.17. The molecule has 1 aromatic carbocycles. The van der Waals surface area contributed by atoms with Crippen LogP contribution in [0.4, 0.5) is 5.69 Å². The Morgan fingerprint density at radius 1 is 1.10 bits per heavy atom. The molecule has 0 bridgehead atoms. The van der Waals surface area contributed by atoms with Crippen LogP contribution in [0.2, 0.25) is 0 Å². The Hall–Kier alpha value is -1.02. The highest BCUT2D eigenvalue weighted by Gasteiger charge is 2.24. The van der Waals surface area contributed by atoms with Gasteiger partial charge in [0.05, 0.1) is 0 Å². The van der Waals surface area contributed by atoms with Gasteiger partial charge in [0.2, 0.25) is 0 Å². The van der Waals surface area contributed by atoms with Gasteiger partial charge in [0, 0.05) is 11.7 Å². The van der Waals surface area contributed by atoms with E-state index in [1.807, 2.05) is 6.07 Å². The monoisotopic (exact) mass is 272 g/mol. The van der Waals surface area contributed by atoms with E-state index >= 15 is 0 Å². The standard InChI is InChI=1S/C18H28N2/c1-2-13-3-5-14(6-4-13)12-20-18-10-7-15-11-16(19)8-9-17(15)18/h8-9,11,13-14,18,20H,2-7,10,12,19H2,1H3. The van der Waals surface area contributed by atoms with E-state index in [1.54, 1.807) is 0 Å². The van der Waals surface area contributed by atoms with E-state index in [9.17, 15) is 0 Å². The number of aryl methyl sites for hydroxylation is 1. The van der Waals surface area contributed by atoms with Crippen LogP contribution in [0.25, 0.3) is 0 Å². The van der Waals surface area contributed by atoms with E-state index in [1.165, 1.54) is 62.6 Å². The van der Waals surface area contributed by atoms with Gasteiger partial charge in [-0.3, -0.25) is 0 Å². The molecule has 2 aliphatic rings. The number of fused-ring (bicyclic) bond motifs is 1. The third kappa shape index (κ3) is 3.01. The molecule has 2 aliphatic carbocycles. The van der Waals surface area contributed by atoms with Gasteiger partial charge < -0.3 is 11.1 Å². The molecule has 0 aliphatic heterocycles. The number of hydrogen-bond donors (Lipinski definition) is 2. The molecule has 1 saturated carbocycles. The van der Waals surface area contributed by atoms with E-state index in [0.717, 1.165) is 17.5 Å². The molecule has 2 heteroatoms. The highest BCUT2D eigenvalue weighted by Crippen LogP contribution is 2.34. The minimum absolute atomic E-state index is 0.564. The SMILES string of the molecule is CCC1CCC(CNC2CCc3cc(N)ccc32)CC1. The van der Waals surface area contributed by atoms with Gasteiger partial charge in [-0.1, -0.05) is 32.3 Å². The predicted molar refractivity (Wildman–Crippen MR) is 85.7 cm³/mol. The first kappa shape index (κ1) is 13.9. The third-order valence-electron chi connectivity index (χ3n) is 5.44. The summed E-state index contributed by atoms with van der Waals surface area (Å²) < 4.78 is 0. The average Bonchev–Trinajstić information content (AvgIpc) is 2.88. The van der Waals surface area contributed by atoms with Crippen molar-refractivity contribution in [2.75, 3.05) is 12.3 Å². The summed E-state index contributed by atoms with van der Waals surface area (Å²) in [5, 5.41) is 3.82. The minimum atomic E-state index is 0.564. The Morgan fingerprint density at radius 3 is 2.60 bits per heavy atom. The number of anilines is 1. The number of hydrogen-bond acceptors (Lipinski definition) is 2. The van der Waals surface area contributed by atoms with Crippen LogP contribution in [-0.4, -0.2) is 6.54 Å². The van der Waals surface area contributed by atoms with Gasteiger partial charge >= 0.3 is 0 Å². The first-order chi connectivity index (χ1) is 9.76. The van der Waals surface area contributed by atoms with E-state index in [0.29, 0.717) is 6.04 Å². The Kier molecular flexibility index (Phi) is 4.30. The molecule has 0 amide bonds. The van der Waals surface area contributed by atoms with Crippen LogP contribution in [0.1, 0.15) is 62.6 Å². The van der Waals surface area contributed by atoms with Gasteiger partial charge in [-0.05, 0) is 67.3 Å². The lowest BCUT2D eigenvalue weighted by Crippen LogP contribution is -2.28. The van der Waals surface area contributed by atoms with Crippen molar-refractivity contribution in [3.05, 3.63) is 29.3 Å². The van der Waals surface area contributed by atoms with Crippen LogP contribution in [-0.2, 0) is 6.42 Å². The molecule has 0 aromatic heterocycles. The molecule has 0 spiro atoms. The lowest BCUT2D eigenvalue weighted by molar-refractivity contribution is 0.256. The van der Waals surface area contributed by atoms with Crippen molar-refractivity contribution in [3.8, 4) is 0 Å². The molecule has 2 nitrogen and oxygen atoms in total. The maximum absolute atomic E-state index is 5.87. The summed E-state index contributed by atoms with van der Waals surface area (Å²) in [6.45, 7) is 3.54. The molecule has 3 N–H and O–H groups in total. The fourth-order valence-electron chi connectivity index (χ4n) is 4.00. The van der Waals surface area contributed by atoms with Gasteiger partial charge in [0.15, 0.2) is 0 Å². The fraction of sp³-hybridized carbons (Fsp3) is 0.667. The molecule has 1 fully saturated rings. The molecule has 1 atom stereocenters. The van der Waals surface area contributed by atoms with Crippen molar-refractivity contribution in [2.45, 2.75) is 57.9 Å². The Labute approximate surface area is 123 Å². The number of benzene rings is 1. The van der Waals surface area contributed by atoms with E-state index in [4.69, 9.17) is 5.73 Å². The molecule has 3 rings (SSSR count). The summed E-state index contributed by atoms with van der Waals surface area (Å²) in [6, 6.07) is 6.99. The van der Waals surface area contributed by atoms with Crippen LogP contribution in [0.3, 0.4) is 0 Å². The largest absolute Gasteiger partial charge is 0.399 e. The number of nitrogens with one attached hydrogen (secondary N) is 1. The normalized spacial score (nSPS) is 29.4. The van der Waals surface area contributed by atoms with Crippen molar-refractivity contribution in [2.24, 2.45) is 11.8 Å². The smallest absolute Gasteiger partial charge is 0.0326 e. The highest BCUT2D eigenvalue weighted by molar-refractivity contribution is 5.47. The quantitative estimate of drug-likeness (QED) is 0.811. The van der Waals surface area contributed by atoms with Crippen molar-refractivity contribution in [1.29, 1.82) is 0 Å². The molecule has 1 aromatic rings. The summed E-state index contributed by atoms with van der Waals surface area (Å²) >= 11 is 0. The van der Waals surface area contributed by atoms with Crippen molar-refractivity contribution < 1.29 is 0 Å². The van der Waals surface area contributed by atoms with Gasteiger partial charge in [0.1, 0.15) is 0 Å². The molecule has 0 saturated heterocycles. The summed E-state index contributed by atoms with van der Waals surface area (Å²) in [5.74, 6) is 1.90. The average molecular weight is 272 g/mol. The van der Waals surface area contributed by atoms with Crippen molar-refractivity contribution in [1.82, 2.24) is 5.32 Å². The lowest BCUT2D eigenvalue weighted by Gasteiger charge is -2.29. The first-order valence-electron chi connectivity index (χ1n) is 8.38. The van der Waals surface area contributed by atoms with Crippen LogP contribution in [0.5, 0.6) is 0 Å². The predicted octanol–water partition coefficient (Wildman–Crippen LogP) is 4.06. The summed E-state index contributed by atoms with van der Waals surface area (Å²) in [4.78, 5) is 0. The first-order valence-corrected chi connectivity index (χ1v) is 8.38. The Morgan fingerprint density at radius 2 is 1.85 bits per heavy atom. The Bertz CT molecular complexity index is 447. The zero-order chi connectivity index (χ0) is 13.9. The third-order valence-corrected chi connectivity index (χ3v) is 5.44. The maximum Gasteiger partial charge on any atom is 0.0326 e. The molecule has 110 valence electrons. The van der Waals surface area contributed by atoms with Crippen molar-refractivity contribution in [3.63, 3.8) is 0 Å². The van der Waals surface area contributed by atoms with Crippen LogP contribution in [0.15, 0.2) is 18.2 Å². The van der Waals surface area contributed by atoms with Crippen LogP contribution in [0, 0.1) is 11.8 Å². The fourth-order valence-corrected chi connectivity index (χ4v) is 4.00. The van der Waals surface area contributed by atoms with Crippen LogP contribution >= 0.6 is 0 Å². The lowest BCUT2D eigenvalue weighted by atomic mass is 9.81. The molecule has 0 radical (unpaired) electrons. The van der Waals surface area contributed by atoms with E-state index in [2.05, 4.69) is 24.4 Å². The topological polar surface area (TPSA) is 38.0 Å². The highest BCUT2D eigenvalue weighted by atomic mass is 14.9. The zero-order valence-electron chi connectivity index (χ0n) is 12.7. The second-order valence-electron chi connectivity index (χ2n) is 6.75. The zero-order valence-corrected chi connectivity index (χ0v) is 12.7. The number of rotatable bonds is 4. The van der Waals surface area contributed by atoms with Gasteiger partial charge in [-0.25, -0.2) is 0 Å². The Balaban J connectivity index is 1.51. The van der Waals surface area contributed by atoms with Crippen LogP contribution < -0.4 is 11.1 Å². The molecule has 1 unspecified atom stereocenters. The van der Waals surface area contributed by atoms with E-state index < -0.39 is 0 Å². The summed E-state index contributed by atoms with van der Waals surface area (Å²) in [6.07, 6.45) is 9.53. The summed E-state index contributed by atoms with van der Waals surface area (Å²) in [5.41, 5.74) is 9.72. The second-order valence-corrected chi connectivity index (χ2v) is 6.75. The van der Waals surface area contributed by atoms with Gasteiger partial charge in [0.25, 0.3) is 0 Å². The molecular formula is C18H28N2. The molecular weight excluding hydrogens is 244 g/mol. The van der Waals surface area contributed by atoms with Gasteiger partial charge in [-0.15, -0.1) is 0 Å². The van der Waals surface area contributed by atoms with E-state index in [-0.39, 0.29) is 0 Å². The minimum Gasteiger partial charge on any atom is -0.399 e. The maximum atomic E-state index is 5.87.